The second kappa shape index (κ2) is 7.52. The molecular weight excluding hydrogens is 332 g/mol. The first-order valence-electron chi connectivity index (χ1n) is 7.13. The van der Waals surface area contributed by atoms with E-state index in [1.165, 1.54) is 35.2 Å². The molecule has 2 aromatic rings. The van der Waals surface area contributed by atoms with Crippen molar-refractivity contribution in [2.75, 3.05) is 19.0 Å². The van der Waals surface area contributed by atoms with Gasteiger partial charge in [-0.2, -0.15) is 5.10 Å². The molecule has 0 saturated carbocycles. The summed E-state index contributed by atoms with van der Waals surface area (Å²) in [5.41, 5.74) is 1.92. The lowest BCUT2D eigenvalue weighted by atomic mass is 10.1. The van der Waals surface area contributed by atoms with Crippen molar-refractivity contribution in [1.82, 2.24) is 5.43 Å². The average molecular weight is 347 g/mol. The predicted octanol–water partition coefficient (Wildman–Crippen LogP) is 2.49. The SMILES string of the molecule is CN(C)c1cccc(C(=O)NN=Cc2ccc(C(=O)O)cc2F)c1F. The zero-order chi connectivity index (χ0) is 18.6. The Bertz CT molecular complexity index is 851. The molecule has 6 nitrogen and oxygen atoms in total. The summed E-state index contributed by atoms with van der Waals surface area (Å²) >= 11 is 0. The Labute approximate surface area is 142 Å². The van der Waals surface area contributed by atoms with Crippen LogP contribution in [0, 0.1) is 11.6 Å². The lowest BCUT2D eigenvalue weighted by molar-refractivity contribution is 0.0696. The van der Waals surface area contributed by atoms with Gasteiger partial charge >= 0.3 is 5.97 Å². The molecule has 8 heteroatoms. The molecule has 0 saturated heterocycles. The lowest BCUT2D eigenvalue weighted by Crippen LogP contribution is -2.21. The molecule has 2 aromatic carbocycles. The van der Waals surface area contributed by atoms with Gasteiger partial charge < -0.3 is 10.0 Å². The molecule has 0 aliphatic heterocycles. The van der Waals surface area contributed by atoms with Gasteiger partial charge in [-0.15, -0.1) is 0 Å². The number of hydrazone groups is 1. The van der Waals surface area contributed by atoms with Crippen LogP contribution in [0.1, 0.15) is 26.3 Å². The average Bonchev–Trinajstić information content (AvgIpc) is 2.55. The van der Waals surface area contributed by atoms with Crippen molar-refractivity contribution in [2.45, 2.75) is 0 Å². The van der Waals surface area contributed by atoms with Crippen LogP contribution in [0.4, 0.5) is 14.5 Å². The first-order chi connectivity index (χ1) is 11.8. The molecule has 0 unspecified atom stereocenters. The van der Waals surface area contributed by atoms with E-state index >= 15 is 0 Å². The lowest BCUT2D eigenvalue weighted by Gasteiger charge is -2.14. The van der Waals surface area contributed by atoms with Crippen LogP contribution in [-0.4, -0.2) is 37.3 Å². The number of hydrogen-bond donors (Lipinski definition) is 2. The van der Waals surface area contributed by atoms with Crippen molar-refractivity contribution in [3.63, 3.8) is 0 Å². The Kier molecular flexibility index (Phi) is 5.43. The fraction of sp³-hybridized carbons (Fsp3) is 0.118. The molecule has 1 amide bonds. The molecule has 0 aliphatic rings. The molecule has 130 valence electrons. The minimum absolute atomic E-state index is 0.0205. The third-order valence-corrected chi connectivity index (χ3v) is 3.32. The summed E-state index contributed by atoms with van der Waals surface area (Å²) in [6.45, 7) is 0. The second-order valence-electron chi connectivity index (χ2n) is 5.27. The van der Waals surface area contributed by atoms with E-state index < -0.39 is 23.5 Å². The molecule has 0 spiro atoms. The van der Waals surface area contributed by atoms with E-state index in [-0.39, 0.29) is 22.4 Å². The van der Waals surface area contributed by atoms with Crippen molar-refractivity contribution in [1.29, 1.82) is 0 Å². The van der Waals surface area contributed by atoms with Crippen LogP contribution in [-0.2, 0) is 0 Å². The molecule has 0 radical (unpaired) electrons. The molecule has 0 atom stereocenters. The number of halogens is 2. The van der Waals surface area contributed by atoms with Crippen LogP contribution >= 0.6 is 0 Å². The molecular formula is C17H15F2N3O3. The van der Waals surface area contributed by atoms with E-state index in [0.717, 1.165) is 12.3 Å². The summed E-state index contributed by atoms with van der Waals surface area (Å²) in [4.78, 5) is 24.3. The number of aromatic carboxylic acids is 1. The number of carboxylic acids is 1. The fourth-order valence-electron chi connectivity index (χ4n) is 2.03. The van der Waals surface area contributed by atoms with Gasteiger partial charge in [0.05, 0.1) is 23.0 Å². The van der Waals surface area contributed by atoms with Gasteiger partial charge in [-0.3, -0.25) is 4.79 Å². The summed E-state index contributed by atoms with van der Waals surface area (Å²) in [6.07, 6.45) is 1.01. The van der Waals surface area contributed by atoms with Gasteiger partial charge in [0.25, 0.3) is 5.91 Å². The van der Waals surface area contributed by atoms with E-state index in [9.17, 15) is 18.4 Å². The molecule has 25 heavy (non-hydrogen) atoms. The first-order valence-corrected chi connectivity index (χ1v) is 7.13. The molecule has 2 rings (SSSR count). The highest BCUT2D eigenvalue weighted by Crippen LogP contribution is 2.20. The van der Waals surface area contributed by atoms with E-state index in [1.54, 1.807) is 14.1 Å². The van der Waals surface area contributed by atoms with Gasteiger partial charge in [-0.05, 0) is 30.3 Å². The zero-order valence-electron chi connectivity index (χ0n) is 13.5. The van der Waals surface area contributed by atoms with Gasteiger partial charge in [-0.1, -0.05) is 6.07 Å². The Morgan fingerprint density at radius 2 is 1.92 bits per heavy atom. The number of nitrogens with zero attached hydrogens (tertiary/aromatic N) is 2. The summed E-state index contributed by atoms with van der Waals surface area (Å²) in [5.74, 6) is -3.55. The number of benzene rings is 2. The summed E-state index contributed by atoms with van der Waals surface area (Å²) in [5, 5.41) is 12.3. The third kappa shape index (κ3) is 4.17. The number of carbonyl (C=O) groups excluding carboxylic acids is 1. The van der Waals surface area contributed by atoms with Crippen LogP contribution in [0.5, 0.6) is 0 Å². The maximum Gasteiger partial charge on any atom is 0.335 e. The van der Waals surface area contributed by atoms with Gasteiger partial charge in [0.1, 0.15) is 5.82 Å². The summed E-state index contributed by atoms with van der Waals surface area (Å²) in [6, 6.07) is 7.60. The molecule has 0 aliphatic carbocycles. The minimum atomic E-state index is -1.26. The van der Waals surface area contributed by atoms with Crippen LogP contribution in [0.15, 0.2) is 41.5 Å². The fourth-order valence-corrected chi connectivity index (χ4v) is 2.03. The Balaban J connectivity index is 2.14. The maximum atomic E-state index is 14.2. The monoisotopic (exact) mass is 347 g/mol. The number of nitrogens with one attached hydrogen (secondary N) is 1. The Morgan fingerprint density at radius 3 is 2.52 bits per heavy atom. The Hall–Kier alpha value is -3.29. The Morgan fingerprint density at radius 1 is 1.20 bits per heavy atom. The molecule has 0 fully saturated rings. The standard InChI is InChI=1S/C17H15F2N3O3/c1-22(2)14-5-3-4-12(15(14)19)16(23)21-20-9-11-7-6-10(17(24)25)8-13(11)18/h3-9H,1-2H3,(H,21,23)(H,24,25). The highest BCUT2D eigenvalue weighted by molar-refractivity contribution is 5.96. The summed E-state index contributed by atoms with van der Waals surface area (Å²) in [7, 11) is 3.28. The van der Waals surface area contributed by atoms with Gasteiger partial charge in [0.15, 0.2) is 5.82 Å². The maximum absolute atomic E-state index is 14.2. The number of anilines is 1. The topological polar surface area (TPSA) is 82.0 Å². The number of carbonyl (C=O) groups is 2. The molecule has 0 heterocycles. The summed E-state index contributed by atoms with van der Waals surface area (Å²) < 4.78 is 28.0. The van der Waals surface area contributed by atoms with E-state index in [2.05, 4.69) is 10.5 Å². The predicted molar refractivity (Wildman–Crippen MR) is 89.1 cm³/mol. The highest BCUT2D eigenvalue weighted by atomic mass is 19.1. The van der Waals surface area contributed by atoms with Gasteiger partial charge in [0, 0.05) is 19.7 Å². The van der Waals surface area contributed by atoms with Gasteiger partial charge in [-0.25, -0.2) is 19.0 Å². The van der Waals surface area contributed by atoms with Crippen molar-refractivity contribution in [3.05, 3.63) is 64.7 Å². The van der Waals surface area contributed by atoms with E-state index in [4.69, 9.17) is 5.11 Å². The zero-order valence-corrected chi connectivity index (χ0v) is 13.5. The van der Waals surface area contributed by atoms with Crippen LogP contribution < -0.4 is 10.3 Å². The van der Waals surface area contributed by atoms with Gasteiger partial charge in [0.2, 0.25) is 0 Å². The van der Waals surface area contributed by atoms with Crippen molar-refractivity contribution in [2.24, 2.45) is 5.10 Å². The van der Waals surface area contributed by atoms with E-state index in [0.29, 0.717) is 0 Å². The number of carboxylic acid groups (broad SMARTS) is 1. The largest absolute Gasteiger partial charge is 0.478 e. The van der Waals surface area contributed by atoms with Crippen molar-refractivity contribution < 1.29 is 23.5 Å². The normalized spacial score (nSPS) is 10.7. The number of rotatable bonds is 5. The van der Waals surface area contributed by atoms with Crippen LogP contribution in [0.2, 0.25) is 0 Å². The number of hydrogen-bond acceptors (Lipinski definition) is 4. The molecule has 0 bridgehead atoms. The second-order valence-corrected chi connectivity index (χ2v) is 5.27. The minimum Gasteiger partial charge on any atom is -0.478 e. The van der Waals surface area contributed by atoms with Crippen molar-refractivity contribution in [3.8, 4) is 0 Å². The van der Waals surface area contributed by atoms with Crippen molar-refractivity contribution >= 4 is 23.8 Å². The highest BCUT2D eigenvalue weighted by Gasteiger charge is 2.15. The quantitative estimate of drug-likeness (QED) is 0.643. The smallest absolute Gasteiger partial charge is 0.335 e. The van der Waals surface area contributed by atoms with Crippen LogP contribution in [0.25, 0.3) is 0 Å². The molecule has 0 aromatic heterocycles. The number of amides is 1. The first kappa shape index (κ1) is 18.1. The third-order valence-electron chi connectivity index (χ3n) is 3.32. The van der Waals surface area contributed by atoms with E-state index in [1.807, 2.05) is 0 Å². The molecule has 2 N–H and O–H groups in total. The van der Waals surface area contributed by atoms with Crippen LogP contribution in [0.3, 0.4) is 0 Å².